The van der Waals surface area contributed by atoms with Crippen LogP contribution in [0.25, 0.3) is 0 Å². The summed E-state index contributed by atoms with van der Waals surface area (Å²) in [7, 11) is 3.45. The van der Waals surface area contributed by atoms with E-state index in [4.69, 9.17) is 14.2 Å². The second-order valence-electron chi connectivity index (χ2n) is 8.50. The molecule has 0 aromatic heterocycles. The number of guanidine groups is 1. The number of aliphatic imine (C=N–C) groups is 1. The van der Waals surface area contributed by atoms with E-state index in [2.05, 4.69) is 36.4 Å². The highest BCUT2D eigenvalue weighted by Crippen LogP contribution is 2.33. The summed E-state index contributed by atoms with van der Waals surface area (Å²) in [6, 6.07) is 7.62. The van der Waals surface area contributed by atoms with Gasteiger partial charge in [0.05, 0.1) is 19.8 Å². The zero-order chi connectivity index (χ0) is 20.6. The Labute approximate surface area is 170 Å². The van der Waals surface area contributed by atoms with E-state index in [1.165, 1.54) is 6.42 Å². The summed E-state index contributed by atoms with van der Waals surface area (Å²) < 4.78 is 17.2. The molecule has 1 aromatic rings. The molecule has 0 aliphatic carbocycles. The molecule has 0 spiro atoms. The quantitative estimate of drug-likeness (QED) is 0.550. The molecule has 28 heavy (non-hydrogen) atoms. The fourth-order valence-electron chi connectivity index (χ4n) is 3.63. The van der Waals surface area contributed by atoms with Gasteiger partial charge >= 0.3 is 0 Å². The average Bonchev–Trinajstić information content (AvgIpc) is 2.68. The minimum atomic E-state index is 0.00674. The Bertz CT molecular complexity index is 610. The van der Waals surface area contributed by atoms with Crippen molar-refractivity contribution in [3.8, 4) is 11.5 Å². The summed E-state index contributed by atoms with van der Waals surface area (Å²) >= 11 is 0. The number of nitrogens with one attached hydrogen (secondary N) is 2. The second kappa shape index (κ2) is 10.6. The Kier molecular flexibility index (Phi) is 8.42. The standard InChI is InChI=1S/C22H37N3O3/c1-16(28-19-11-9-18(26-6)10-12-19)14-24-21(23-5)25-15-17-8-7-13-27-20(17)22(2,3)4/h9-12,16-17,20H,7-8,13-15H2,1-6H3,(H2,23,24,25). The highest BCUT2D eigenvalue weighted by Gasteiger charge is 2.35. The number of nitrogens with zero attached hydrogens (tertiary/aromatic N) is 1. The van der Waals surface area contributed by atoms with Crippen LogP contribution >= 0.6 is 0 Å². The smallest absolute Gasteiger partial charge is 0.191 e. The monoisotopic (exact) mass is 391 g/mol. The van der Waals surface area contributed by atoms with Gasteiger partial charge in [-0.05, 0) is 49.4 Å². The van der Waals surface area contributed by atoms with Gasteiger partial charge in [-0.1, -0.05) is 20.8 Å². The van der Waals surface area contributed by atoms with E-state index in [1.807, 2.05) is 31.2 Å². The second-order valence-corrected chi connectivity index (χ2v) is 8.50. The molecule has 1 saturated heterocycles. The average molecular weight is 392 g/mol. The van der Waals surface area contributed by atoms with Gasteiger partial charge in [0, 0.05) is 26.1 Å². The molecule has 6 heteroatoms. The molecule has 1 heterocycles. The van der Waals surface area contributed by atoms with Crippen molar-refractivity contribution in [3.63, 3.8) is 0 Å². The van der Waals surface area contributed by atoms with Gasteiger partial charge in [0.15, 0.2) is 5.96 Å². The lowest BCUT2D eigenvalue weighted by atomic mass is 9.78. The van der Waals surface area contributed by atoms with Crippen molar-refractivity contribution in [2.24, 2.45) is 16.3 Å². The molecule has 0 radical (unpaired) electrons. The van der Waals surface area contributed by atoms with Crippen molar-refractivity contribution < 1.29 is 14.2 Å². The van der Waals surface area contributed by atoms with Gasteiger partial charge in [-0.2, -0.15) is 0 Å². The largest absolute Gasteiger partial charge is 0.497 e. The fourth-order valence-corrected chi connectivity index (χ4v) is 3.63. The zero-order valence-corrected chi connectivity index (χ0v) is 18.2. The molecule has 2 N–H and O–H groups in total. The topological polar surface area (TPSA) is 64.1 Å². The highest BCUT2D eigenvalue weighted by molar-refractivity contribution is 5.79. The molecule has 6 nitrogen and oxygen atoms in total. The van der Waals surface area contributed by atoms with Crippen molar-refractivity contribution in [3.05, 3.63) is 24.3 Å². The zero-order valence-electron chi connectivity index (χ0n) is 18.2. The Morgan fingerprint density at radius 2 is 1.89 bits per heavy atom. The third-order valence-corrected chi connectivity index (χ3v) is 5.01. The number of ether oxygens (including phenoxy) is 3. The number of hydrogen-bond acceptors (Lipinski definition) is 4. The van der Waals surface area contributed by atoms with Crippen molar-refractivity contribution in [2.45, 2.75) is 52.7 Å². The van der Waals surface area contributed by atoms with Gasteiger partial charge in [0.1, 0.15) is 17.6 Å². The van der Waals surface area contributed by atoms with Gasteiger partial charge in [-0.15, -0.1) is 0 Å². The molecule has 3 unspecified atom stereocenters. The van der Waals surface area contributed by atoms with Crippen LogP contribution in [0, 0.1) is 11.3 Å². The maximum Gasteiger partial charge on any atom is 0.191 e. The lowest BCUT2D eigenvalue weighted by molar-refractivity contribution is -0.0835. The molecule has 0 saturated carbocycles. The summed E-state index contributed by atoms with van der Waals surface area (Å²) in [5.74, 6) is 2.93. The predicted molar refractivity (Wildman–Crippen MR) is 114 cm³/mol. The number of hydrogen-bond donors (Lipinski definition) is 2. The van der Waals surface area contributed by atoms with Gasteiger partial charge in [-0.25, -0.2) is 0 Å². The minimum absolute atomic E-state index is 0.00674. The summed E-state index contributed by atoms with van der Waals surface area (Å²) in [5, 5.41) is 6.82. The Hall–Kier alpha value is -1.95. The summed E-state index contributed by atoms with van der Waals surface area (Å²) in [4.78, 5) is 4.34. The maximum absolute atomic E-state index is 6.07. The van der Waals surface area contributed by atoms with Crippen LogP contribution in [0.5, 0.6) is 11.5 Å². The van der Waals surface area contributed by atoms with Crippen LogP contribution in [0.2, 0.25) is 0 Å². The van der Waals surface area contributed by atoms with E-state index < -0.39 is 0 Å². The van der Waals surface area contributed by atoms with E-state index in [-0.39, 0.29) is 17.6 Å². The molecule has 0 amide bonds. The van der Waals surface area contributed by atoms with E-state index in [9.17, 15) is 0 Å². The summed E-state index contributed by atoms with van der Waals surface area (Å²) in [5.41, 5.74) is 0.143. The Morgan fingerprint density at radius 1 is 1.21 bits per heavy atom. The summed E-state index contributed by atoms with van der Waals surface area (Å²) in [6.07, 6.45) is 2.58. The van der Waals surface area contributed by atoms with Crippen LogP contribution in [0.4, 0.5) is 0 Å². The van der Waals surface area contributed by atoms with E-state index in [0.717, 1.165) is 37.0 Å². The van der Waals surface area contributed by atoms with Gasteiger partial charge < -0.3 is 24.8 Å². The number of rotatable bonds is 7. The first-order valence-corrected chi connectivity index (χ1v) is 10.2. The molecular weight excluding hydrogens is 354 g/mol. The first kappa shape index (κ1) is 22.3. The lowest BCUT2D eigenvalue weighted by Crippen LogP contribution is -2.48. The SMILES string of the molecule is CN=C(NCC(C)Oc1ccc(OC)cc1)NCC1CCCOC1C(C)(C)C. The molecule has 1 aromatic carbocycles. The fraction of sp³-hybridized carbons (Fsp3) is 0.682. The van der Waals surface area contributed by atoms with Crippen molar-refractivity contribution in [2.75, 3.05) is 33.9 Å². The predicted octanol–water partition coefficient (Wildman–Crippen LogP) is 3.47. The van der Waals surface area contributed by atoms with Gasteiger partial charge in [0.25, 0.3) is 0 Å². The van der Waals surface area contributed by atoms with Crippen molar-refractivity contribution in [1.82, 2.24) is 10.6 Å². The molecule has 1 aliphatic rings. The van der Waals surface area contributed by atoms with E-state index in [0.29, 0.717) is 12.5 Å². The van der Waals surface area contributed by atoms with Crippen LogP contribution in [-0.2, 0) is 4.74 Å². The minimum Gasteiger partial charge on any atom is -0.497 e. The van der Waals surface area contributed by atoms with Crippen LogP contribution in [0.1, 0.15) is 40.5 Å². The first-order valence-electron chi connectivity index (χ1n) is 10.2. The van der Waals surface area contributed by atoms with Crippen LogP contribution in [0.15, 0.2) is 29.3 Å². The van der Waals surface area contributed by atoms with Gasteiger partial charge in [-0.3, -0.25) is 4.99 Å². The number of benzene rings is 1. The van der Waals surface area contributed by atoms with Crippen molar-refractivity contribution >= 4 is 5.96 Å². The maximum atomic E-state index is 6.07. The number of methoxy groups -OCH3 is 1. The third kappa shape index (κ3) is 6.89. The molecule has 158 valence electrons. The first-order chi connectivity index (χ1) is 13.3. The van der Waals surface area contributed by atoms with E-state index in [1.54, 1.807) is 14.2 Å². The Balaban J connectivity index is 1.78. The molecule has 3 atom stereocenters. The van der Waals surface area contributed by atoms with E-state index >= 15 is 0 Å². The summed E-state index contributed by atoms with van der Waals surface area (Å²) in [6.45, 7) is 11.2. The molecular formula is C22H37N3O3. The van der Waals surface area contributed by atoms with Crippen LogP contribution < -0.4 is 20.1 Å². The molecule has 1 fully saturated rings. The molecule has 1 aliphatic heterocycles. The third-order valence-electron chi connectivity index (χ3n) is 5.01. The highest BCUT2D eigenvalue weighted by atomic mass is 16.5. The lowest BCUT2D eigenvalue weighted by Gasteiger charge is -2.40. The Morgan fingerprint density at radius 3 is 2.50 bits per heavy atom. The van der Waals surface area contributed by atoms with Gasteiger partial charge in [0.2, 0.25) is 0 Å². The van der Waals surface area contributed by atoms with Crippen molar-refractivity contribution in [1.29, 1.82) is 0 Å². The van der Waals surface area contributed by atoms with Crippen LogP contribution in [-0.4, -0.2) is 52.0 Å². The molecule has 2 rings (SSSR count). The van der Waals surface area contributed by atoms with Crippen LogP contribution in [0.3, 0.4) is 0 Å². The normalized spacial score (nSPS) is 21.7. The molecule has 0 bridgehead atoms.